The highest BCUT2D eigenvalue weighted by Gasteiger charge is 2.34. The van der Waals surface area contributed by atoms with Gasteiger partial charge >= 0.3 is 5.97 Å². The molecule has 1 atom stereocenters. The van der Waals surface area contributed by atoms with Crippen molar-refractivity contribution in [3.63, 3.8) is 0 Å². The third kappa shape index (κ3) is 2.58. The predicted octanol–water partition coefficient (Wildman–Crippen LogP) is 3.99. The molecule has 2 aromatic carbocycles. The Morgan fingerprint density at radius 1 is 1.17 bits per heavy atom. The Bertz CT molecular complexity index is 782. The largest absolute Gasteiger partial charge is 0.481 e. The molecule has 2 aromatic rings. The molecule has 1 aliphatic heterocycles. The molecule has 1 amide bonds. The summed E-state index contributed by atoms with van der Waals surface area (Å²) in [5.74, 6) is -0.824. The monoisotopic (exact) mass is 323 g/mol. The van der Waals surface area contributed by atoms with Crippen LogP contribution in [0.3, 0.4) is 0 Å². The van der Waals surface area contributed by atoms with E-state index in [0.29, 0.717) is 13.0 Å². The minimum Gasteiger partial charge on any atom is -0.481 e. The molecule has 1 heterocycles. The molecule has 0 saturated carbocycles. The summed E-state index contributed by atoms with van der Waals surface area (Å²) in [7, 11) is 0. The fraction of sp³-hybridized carbons (Fsp3) is 0.300. The first-order valence-electron chi connectivity index (χ1n) is 8.21. The summed E-state index contributed by atoms with van der Waals surface area (Å²) in [5, 5.41) is 9.59. The van der Waals surface area contributed by atoms with Crippen molar-refractivity contribution in [3.8, 4) is 0 Å². The van der Waals surface area contributed by atoms with Gasteiger partial charge in [-0.2, -0.15) is 0 Å². The molecule has 4 heteroatoms. The van der Waals surface area contributed by atoms with Gasteiger partial charge in [0.2, 0.25) is 0 Å². The number of carboxylic acids is 1. The minimum absolute atomic E-state index is 0.00657. The van der Waals surface area contributed by atoms with Crippen molar-refractivity contribution < 1.29 is 14.7 Å². The van der Waals surface area contributed by atoms with Crippen LogP contribution in [0.15, 0.2) is 48.5 Å². The summed E-state index contributed by atoms with van der Waals surface area (Å²) in [4.78, 5) is 25.9. The van der Waals surface area contributed by atoms with Crippen molar-refractivity contribution >= 4 is 17.6 Å². The van der Waals surface area contributed by atoms with Gasteiger partial charge in [-0.1, -0.05) is 43.7 Å². The van der Waals surface area contributed by atoms with Gasteiger partial charge in [-0.3, -0.25) is 9.59 Å². The van der Waals surface area contributed by atoms with Gasteiger partial charge in [0.15, 0.2) is 0 Å². The lowest BCUT2D eigenvalue weighted by Crippen LogP contribution is -2.32. The van der Waals surface area contributed by atoms with E-state index in [1.807, 2.05) is 55.5 Å². The van der Waals surface area contributed by atoms with Crippen LogP contribution in [0.2, 0.25) is 0 Å². The normalized spacial score (nSPS) is 15.9. The van der Waals surface area contributed by atoms with Crippen molar-refractivity contribution in [1.29, 1.82) is 0 Å². The number of hydrogen-bond acceptors (Lipinski definition) is 2. The lowest BCUT2D eigenvalue weighted by atomic mass is 9.79. The van der Waals surface area contributed by atoms with E-state index in [2.05, 4.69) is 0 Å². The van der Waals surface area contributed by atoms with Crippen LogP contribution in [0.1, 0.15) is 48.2 Å². The summed E-state index contributed by atoms with van der Waals surface area (Å²) in [6.07, 6.45) is 1.38. The molecule has 1 unspecified atom stereocenters. The number of nitrogens with zero attached hydrogens (tertiary/aromatic N) is 1. The van der Waals surface area contributed by atoms with E-state index in [4.69, 9.17) is 0 Å². The molecule has 0 radical (unpaired) electrons. The van der Waals surface area contributed by atoms with Gasteiger partial charge in [-0.25, -0.2) is 0 Å². The summed E-state index contributed by atoms with van der Waals surface area (Å²) in [6, 6.07) is 14.9. The summed E-state index contributed by atoms with van der Waals surface area (Å²) < 4.78 is 0. The highest BCUT2D eigenvalue weighted by molar-refractivity contribution is 6.10. The van der Waals surface area contributed by atoms with Crippen LogP contribution in [-0.2, 0) is 16.8 Å². The van der Waals surface area contributed by atoms with E-state index < -0.39 is 11.4 Å². The molecule has 0 spiro atoms. The number of fused-ring (bicyclic) bond motifs is 1. The van der Waals surface area contributed by atoms with Crippen molar-refractivity contribution in [3.05, 3.63) is 65.2 Å². The van der Waals surface area contributed by atoms with Gasteiger partial charge in [0.1, 0.15) is 0 Å². The van der Waals surface area contributed by atoms with Crippen molar-refractivity contribution in [2.24, 2.45) is 0 Å². The standard InChI is InChI=1S/C20H21NO3/c1-3-12-20(2,19(23)24)15-8-10-16(11-9-15)21-13-14-6-4-5-7-17(14)18(21)22/h4-11H,3,12-13H2,1-2H3,(H,23,24). The van der Waals surface area contributed by atoms with Gasteiger partial charge in [0, 0.05) is 11.3 Å². The zero-order valence-corrected chi connectivity index (χ0v) is 14.0. The number of carbonyl (C=O) groups excluding carboxylic acids is 1. The number of rotatable bonds is 5. The maximum atomic E-state index is 12.5. The maximum absolute atomic E-state index is 12.5. The Labute approximate surface area is 141 Å². The number of benzene rings is 2. The first kappa shape index (κ1) is 16.2. The number of carbonyl (C=O) groups is 2. The Kier molecular flexibility index (Phi) is 4.14. The topological polar surface area (TPSA) is 57.6 Å². The first-order valence-corrected chi connectivity index (χ1v) is 8.21. The molecular formula is C20H21NO3. The quantitative estimate of drug-likeness (QED) is 0.905. The van der Waals surface area contributed by atoms with E-state index in [-0.39, 0.29) is 5.91 Å². The molecule has 0 bridgehead atoms. The number of amides is 1. The van der Waals surface area contributed by atoms with E-state index in [0.717, 1.165) is 28.8 Å². The fourth-order valence-electron chi connectivity index (χ4n) is 3.35. The second kappa shape index (κ2) is 6.11. The minimum atomic E-state index is -0.898. The molecule has 0 aromatic heterocycles. The van der Waals surface area contributed by atoms with Crippen LogP contribution in [0, 0.1) is 0 Å². The third-order valence-electron chi connectivity index (χ3n) is 4.86. The molecular weight excluding hydrogens is 302 g/mol. The molecule has 3 rings (SSSR count). The average Bonchev–Trinajstić information content (AvgIpc) is 2.92. The Hall–Kier alpha value is -2.62. The second-order valence-corrected chi connectivity index (χ2v) is 6.48. The summed E-state index contributed by atoms with van der Waals surface area (Å²) in [6.45, 7) is 4.29. The van der Waals surface area contributed by atoms with Crippen molar-refractivity contribution in [2.75, 3.05) is 4.90 Å². The van der Waals surface area contributed by atoms with Crippen LogP contribution in [0.4, 0.5) is 5.69 Å². The third-order valence-corrected chi connectivity index (χ3v) is 4.86. The molecule has 24 heavy (non-hydrogen) atoms. The number of anilines is 1. The number of hydrogen-bond donors (Lipinski definition) is 1. The highest BCUT2D eigenvalue weighted by Crippen LogP contribution is 2.33. The Morgan fingerprint density at radius 3 is 2.42 bits per heavy atom. The zero-order chi connectivity index (χ0) is 17.3. The van der Waals surface area contributed by atoms with Gasteiger partial charge in [0.25, 0.3) is 5.91 Å². The molecule has 0 saturated heterocycles. The highest BCUT2D eigenvalue weighted by atomic mass is 16.4. The van der Waals surface area contributed by atoms with Crippen LogP contribution in [-0.4, -0.2) is 17.0 Å². The Morgan fingerprint density at radius 2 is 1.83 bits per heavy atom. The van der Waals surface area contributed by atoms with Gasteiger partial charge in [0.05, 0.1) is 12.0 Å². The van der Waals surface area contributed by atoms with Gasteiger partial charge in [-0.05, 0) is 42.7 Å². The number of carboxylic acid groups (broad SMARTS) is 1. The van der Waals surface area contributed by atoms with E-state index in [1.54, 1.807) is 11.8 Å². The molecule has 1 aliphatic rings. The number of aliphatic carboxylic acids is 1. The van der Waals surface area contributed by atoms with Gasteiger partial charge in [-0.15, -0.1) is 0 Å². The molecule has 4 nitrogen and oxygen atoms in total. The van der Waals surface area contributed by atoms with Gasteiger partial charge < -0.3 is 10.0 Å². The lowest BCUT2D eigenvalue weighted by molar-refractivity contribution is -0.143. The molecule has 1 N–H and O–H groups in total. The van der Waals surface area contributed by atoms with Crippen LogP contribution >= 0.6 is 0 Å². The van der Waals surface area contributed by atoms with Crippen molar-refractivity contribution in [1.82, 2.24) is 0 Å². The smallest absolute Gasteiger partial charge is 0.313 e. The first-order chi connectivity index (χ1) is 11.5. The van der Waals surface area contributed by atoms with Crippen LogP contribution in [0.25, 0.3) is 0 Å². The molecule has 0 aliphatic carbocycles. The summed E-state index contributed by atoms with van der Waals surface area (Å²) in [5.41, 5.74) is 2.43. The lowest BCUT2D eigenvalue weighted by Gasteiger charge is -2.25. The average molecular weight is 323 g/mol. The molecule has 0 fully saturated rings. The Balaban J connectivity index is 1.89. The maximum Gasteiger partial charge on any atom is 0.313 e. The molecule has 124 valence electrons. The van der Waals surface area contributed by atoms with E-state index in [1.165, 1.54) is 0 Å². The fourth-order valence-corrected chi connectivity index (χ4v) is 3.35. The van der Waals surface area contributed by atoms with Crippen LogP contribution < -0.4 is 4.90 Å². The zero-order valence-electron chi connectivity index (χ0n) is 14.0. The van der Waals surface area contributed by atoms with E-state index >= 15 is 0 Å². The van der Waals surface area contributed by atoms with E-state index in [9.17, 15) is 14.7 Å². The second-order valence-electron chi connectivity index (χ2n) is 6.48. The van der Waals surface area contributed by atoms with Crippen molar-refractivity contribution in [2.45, 2.75) is 38.6 Å². The van der Waals surface area contributed by atoms with Crippen LogP contribution in [0.5, 0.6) is 0 Å². The summed E-state index contributed by atoms with van der Waals surface area (Å²) >= 11 is 0. The predicted molar refractivity (Wildman–Crippen MR) is 93.3 cm³/mol. The SMILES string of the molecule is CCCC(C)(C(=O)O)c1ccc(N2Cc3ccccc3C2=O)cc1.